The molecule has 0 amide bonds. The lowest BCUT2D eigenvalue weighted by molar-refractivity contribution is 0.295. The van der Waals surface area contributed by atoms with E-state index < -0.39 is 0 Å². The molecule has 5 heteroatoms. The lowest BCUT2D eigenvalue weighted by Gasteiger charge is -2.17. The fourth-order valence-corrected chi connectivity index (χ4v) is 2.52. The Balaban J connectivity index is 2.53. The van der Waals surface area contributed by atoms with Crippen LogP contribution in [0.1, 0.15) is 12.0 Å². The molecule has 1 aromatic carbocycles. The summed E-state index contributed by atoms with van der Waals surface area (Å²) in [6, 6.07) is 1.89. The van der Waals surface area contributed by atoms with E-state index >= 15 is 0 Å². The van der Waals surface area contributed by atoms with Crippen molar-refractivity contribution in [2.75, 3.05) is 26.9 Å². The lowest BCUT2D eigenvalue weighted by atomic mass is 10.1. The zero-order valence-electron chi connectivity index (χ0n) is 9.79. The van der Waals surface area contributed by atoms with Crippen LogP contribution in [0.5, 0.6) is 17.2 Å². The summed E-state index contributed by atoms with van der Waals surface area (Å²) < 4.78 is 17.7. The van der Waals surface area contributed by atoms with Crippen molar-refractivity contribution in [3.05, 3.63) is 16.1 Å². The van der Waals surface area contributed by atoms with Gasteiger partial charge in [0.25, 0.3) is 0 Å². The molecule has 0 spiro atoms. The predicted octanol–water partition coefficient (Wildman–Crippen LogP) is 2.12. The molecule has 1 aromatic rings. The molecule has 2 rings (SSSR count). The standard InChI is InChI=1S/C12H16BrNO3/c1-15-11-8(3-4-14)12-10(7-9(11)13)16-5-2-6-17-12/h7H,2-6,14H2,1H3. The van der Waals surface area contributed by atoms with Crippen molar-refractivity contribution in [2.24, 2.45) is 5.73 Å². The maximum absolute atomic E-state index is 5.75. The summed E-state index contributed by atoms with van der Waals surface area (Å²) in [5, 5.41) is 0. The molecule has 0 unspecified atom stereocenters. The van der Waals surface area contributed by atoms with Crippen molar-refractivity contribution < 1.29 is 14.2 Å². The fourth-order valence-electron chi connectivity index (χ4n) is 1.92. The van der Waals surface area contributed by atoms with Gasteiger partial charge >= 0.3 is 0 Å². The number of rotatable bonds is 3. The minimum Gasteiger partial charge on any atom is -0.495 e. The summed E-state index contributed by atoms with van der Waals surface area (Å²) >= 11 is 3.48. The molecule has 0 aromatic heterocycles. The first-order valence-electron chi connectivity index (χ1n) is 5.63. The molecular formula is C12H16BrNO3. The van der Waals surface area contributed by atoms with Gasteiger partial charge in [-0.3, -0.25) is 0 Å². The highest BCUT2D eigenvalue weighted by Crippen LogP contribution is 2.44. The molecule has 1 heterocycles. The normalized spacial score (nSPS) is 14.3. The van der Waals surface area contributed by atoms with Crippen LogP contribution in [0.3, 0.4) is 0 Å². The molecule has 1 aliphatic heterocycles. The summed E-state index contributed by atoms with van der Waals surface area (Å²) in [6.07, 6.45) is 1.59. The minimum absolute atomic E-state index is 0.544. The first-order valence-corrected chi connectivity index (χ1v) is 6.42. The first kappa shape index (κ1) is 12.5. The Bertz CT molecular complexity index is 409. The second kappa shape index (κ2) is 5.60. The van der Waals surface area contributed by atoms with Gasteiger partial charge in [-0.2, -0.15) is 0 Å². The Morgan fingerprint density at radius 3 is 2.88 bits per heavy atom. The van der Waals surface area contributed by atoms with Crippen LogP contribution in [0.4, 0.5) is 0 Å². The van der Waals surface area contributed by atoms with Gasteiger partial charge in [-0.05, 0) is 28.9 Å². The molecule has 17 heavy (non-hydrogen) atoms. The van der Waals surface area contributed by atoms with E-state index in [1.165, 1.54) is 0 Å². The Hall–Kier alpha value is -0.940. The van der Waals surface area contributed by atoms with Crippen LogP contribution in [0.15, 0.2) is 10.5 Å². The van der Waals surface area contributed by atoms with Crippen LogP contribution in [0, 0.1) is 0 Å². The Morgan fingerprint density at radius 1 is 1.41 bits per heavy atom. The van der Waals surface area contributed by atoms with Crippen molar-refractivity contribution in [2.45, 2.75) is 12.8 Å². The van der Waals surface area contributed by atoms with Crippen molar-refractivity contribution in [3.8, 4) is 17.2 Å². The third-order valence-corrected chi connectivity index (χ3v) is 3.23. The number of halogens is 1. The average molecular weight is 302 g/mol. The van der Waals surface area contributed by atoms with Crippen LogP contribution in [-0.4, -0.2) is 26.9 Å². The maximum Gasteiger partial charge on any atom is 0.168 e. The highest BCUT2D eigenvalue weighted by Gasteiger charge is 2.21. The lowest BCUT2D eigenvalue weighted by Crippen LogP contribution is -2.07. The SMILES string of the molecule is COc1c(Br)cc2c(c1CCN)OCCCO2. The molecule has 0 aliphatic carbocycles. The summed E-state index contributed by atoms with van der Waals surface area (Å²) in [5.74, 6) is 2.31. The summed E-state index contributed by atoms with van der Waals surface area (Å²) in [7, 11) is 1.64. The number of nitrogens with two attached hydrogens (primary N) is 1. The van der Waals surface area contributed by atoms with Gasteiger partial charge in [0.05, 0.1) is 24.8 Å². The van der Waals surface area contributed by atoms with Gasteiger partial charge in [-0.15, -0.1) is 0 Å². The van der Waals surface area contributed by atoms with E-state index in [4.69, 9.17) is 19.9 Å². The summed E-state index contributed by atoms with van der Waals surface area (Å²) in [5.41, 5.74) is 6.61. The summed E-state index contributed by atoms with van der Waals surface area (Å²) in [4.78, 5) is 0. The van der Waals surface area contributed by atoms with Crippen molar-refractivity contribution in [1.82, 2.24) is 0 Å². The Morgan fingerprint density at radius 2 is 2.18 bits per heavy atom. The van der Waals surface area contributed by atoms with Crippen molar-refractivity contribution in [3.63, 3.8) is 0 Å². The fraction of sp³-hybridized carbons (Fsp3) is 0.500. The molecule has 0 atom stereocenters. The second-order valence-corrected chi connectivity index (χ2v) is 4.64. The molecule has 0 bridgehead atoms. The molecule has 4 nitrogen and oxygen atoms in total. The van der Waals surface area contributed by atoms with Gasteiger partial charge in [0.15, 0.2) is 11.5 Å². The monoisotopic (exact) mass is 301 g/mol. The van der Waals surface area contributed by atoms with Gasteiger partial charge in [0, 0.05) is 18.1 Å². The van der Waals surface area contributed by atoms with Gasteiger partial charge in [-0.25, -0.2) is 0 Å². The van der Waals surface area contributed by atoms with E-state index in [-0.39, 0.29) is 0 Å². The van der Waals surface area contributed by atoms with Gasteiger partial charge < -0.3 is 19.9 Å². The number of hydrogen-bond donors (Lipinski definition) is 1. The quantitative estimate of drug-likeness (QED) is 0.929. The van der Waals surface area contributed by atoms with Crippen molar-refractivity contribution >= 4 is 15.9 Å². The van der Waals surface area contributed by atoms with E-state index in [1.807, 2.05) is 6.07 Å². The van der Waals surface area contributed by atoms with Crippen LogP contribution in [0.25, 0.3) is 0 Å². The molecule has 1 aliphatic rings. The highest BCUT2D eigenvalue weighted by molar-refractivity contribution is 9.10. The molecule has 0 saturated carbocycles. The Kier molecular flexibility index (Phi) is 4.12. The van der Waals surface area contributed by atoms with E-state index in [2.05, 4.69) is 15.9 Å². The molecule has 0 saturated heterocycles. The van der Waals surface area contributed by atoms with Crippen LogP contribution in [0.2, 0.25) is 0 Å². The zero-order valence-corrected chi connectivity index (χ0v) is 11.4. The largest absolute Gasteiger partial charge is 0.495 e. The smallest absolute Gasteiger partial charge is 0.168 e. The minimum atomic E-state index is 0.544. The van der Waals surface area contributed by atoms with E-state index in [0.717, 1.165) is 33.7 Å². The predicted molar refractivity (Wildman–Crippen MR) is 69.1 cm³/mol. The first-order chi connectivity index (χ1) is 8.27. The number of fused-ring (bicyclic) bond motifs is 1. The Labute approximate surface area is 109 Å². The molecule has 0 fully saturated rings. The van der Waals surface area contributed by atoms with Gasteiger partial charge in [0.2, 0.25) is 0 Å². The molecule has 2 N–H and O–H groups in total. The van der Waals surface area contributed by atoms with Crippen LogP contribution < -0.4 is 19.9 Å². The van der Waals surface area contributed by atoms with Crippen molar-refractivity contribution in [1.29, 1.82) is 0 Å². The van der Waals surface area contributed by atoms with Gasteiger partial charge in [0.1, 0.15) is 5.75 Å². The zero-order chi connectivity index (χ0) is 12.3. The topological polar surface area (TPSA) is 53.7 Å². The molecular weight excluding hydrogens is 286 g/mol. The third kappa shape index (κ3) is 2.50. The van der Waals surface area contributed by atoms with Crippen LogP contribution in [-0.2, 0) is 6.42 Å². The number of ether oxygens (including phenoxy) is 3. The van der Waals surface area contributed by atoms with E-state index in [0.29, 0.717) is 26.2 Å². The van der Waals surface area contributed by atoms with Crippen LogP contribution >= 0.6 is 15.9 Å². The maximum atomic E-state index is 5.75. The summed E-state index contributed by atoms with van der Waals surface area (Å²) in [6.45, 7) is 1.88. The number of hydrogen-bond acceptors (Lipinski definition) is 4. The highest BCUT2D eigenvalue weighted by atomic mass is 79.9. The van der Waals surface area contributed by atoms with E-state index in [1.54, 1.807) is 7.11 Å². The third-order valence-electron chi connectivity index (χ3n) is 2.64. The molecule has 0 radical (unpaired) electrons. The molecule has 94 valence electrons. The number of methoxy groups -OCH3 is 1. The van der Waals surface area contributed by atoms with Gasteiger partial charge in [-0.1, -0.05) is 0 Å². The number of benzene rings is 1. The van der Waals surface area contributed by atoms with E-state index in [9.17, 15) is 0 Å². The average Bonchev–Trinajstić information content (AvgIpc) is 2.54. The second-order valence-electron chi connectivity index (χ2n) is 3.79.